The van der Waals surface area contributed by atoms with E-state index >= 15 is 0 Å². The van der Waals surface area contributed by atoms with Gasteiger partial charge in [-0.1, -0.05) is 75.8 Å². The molecule has 16 heteroatoms. The monoisotopic (exact) mass is 982 g/mol. The van der Waals surface area contributed by atoms with Gasteiger partial charge in [-0.3, -0.25) is 19.5 Å². The van der Waals surface area contributed by atoms with Crippen LogP contribution in [0.1, 0.15) is 92.0 Å². The van der Waals surface area contributed by atoms with Crippen molar-refractivity contribution in [2.45, 2.75) is 143 Å². The number of rotatable bonds is 14. The number of pyridine rings is 1. The number of hydrogen-bond donors (Lipinski definition) is 3. The number of fused-ring (bicyclic) bond motifs is 1. The number of carbonyl (C=O) groups is 2. The van der Waals surface area contributed by atoms with Gasteiger partial charge in [0, 0.05) is 49.3 Å². The van der Waals surface area contributed by atoms with Gasteiger partial charge in [-0.05, 0) is 108 Å². The predicted molar refractivity (Wildman–Crippen MR) is 271 cm³/mol. The molecule has 3 aliphatic heterocycles. The first-order chi connectivity index (χ1) is 34.0. The van der Waals surface area contributed by atoms with Gasteiger partial charge in [-0.15, -0.1) is 5.10 Å². The lowest BCUT2D eigenvalue weighted by molar-refractivity contribution is -0.304. The van der Waals surface area contributed by atoms with E-state index in [1.165, 1.54) is 6.42 Å². The molecule has 0 spiro atoms. The highest BCUT2D eigenvalue weighted by atomic mass is 16.7. The maximum atomic E-state index is 14.3. The average Bonchev–Trinajstić information content (AvgIpc) is 4.03. The molecule has 7 rings (SSSR count). The molecule has 4 aromatic rings. The van der Waals surface area contributed by atoms with Crippen molar-refractivity contribution < 1.29 is 43.5 Å². The number of esters is 1. The van der Waals surface area contributed by atoms with E-state index < -0.39 is 72.7 Å². The molecule has 2 unspecified atom stereocenters. The number of aliphatic hydroxyl groups excluding tert-OH is 3. The van der Waals surface area contributed by atoms with Gasteiger partial charge in [0.05, 0.1) is 79.0 Å². The van der Waals surface area contributed by atoms with Crippen molar-refractivity contribution >= 4 is 22.7 Å². The third-order valence-corrected chi connectivity index (χ3v) is 14.9. The molecule has 6 heterocycles. The Balaban J connectivity index is 1.21. The summed E-state index contributed by atoms with van der Waals surface area (Å²) in [5.41, 5.74) is 3.27. The predicted octanol–water partition coefficient (Wildman–Crippen LogP) is 6.61. The Morgan fingerprint density at radius 2 is 1.69 bits per heavy atom. The van der Waals surface area contributed by atoms with E-state index in [0.717, 1.165) is 41.0 Å². The zero-order valence-electron chi connectivity index (χ0n) is 43.3. The summed E-state index contributed by atoms with van der Waals surface area (Å²) in [6.45, 7) is 18.0. The zero-order valence-corrected chi connectivity index (χ0v) is 43.3. The van der Waals surface area contributed by atoms with Crippen molar-refractivity contribution in [1.82, 2.24) is 34.7 Å². The Morgan fingerprint density at radius 1 is 0.930 bits per heavy atom. The molecule has 0 saturated carbocycles. The maximum Gasteiger partial charge on any atom is 0.308 e. The van der Waals surface area contributed by atoms with Crippen LogP contribution in [0, 0.1) is 35.5 Å². The van der Waals surface area contributed by atoms with Crippen LogP contribution < -0.4 is 0 Å². The number of para-hydroxylation sites is 1. The van der Waals surface area contributed by atoms with Crippen LogP contribution in [0.2, 0.25) is 0 Å². The second-order valence-corrected chi connectivity index (χ2v) is 21.3. The van der Waals surface area contributed by atoms with Crippen molar-refractivity contribution in [2.24, 2.45) is 35.5 Å². The normalized spacial score (nSPS) is 33.3. The summed E-state index contributed by atoms with van der Waals surface area (Å²) in [6, 6.07) is 13.0. The van der Waals surface area contributed by atoms with E-state index in [9.17, 15) is 24.9 Å². The Morgan fingerprint density at radius 3 is 2.41 bits per heavy atom. The summed E-state index contributed by atoms with van der Waals surface area (Å²) in [6.07, 6.45) is 6.51. The molecular weight excluding hydrogens is 903 g/mol. The number of likely N-dealkylation sites (N-methyl/N-ethyl adjacent to an activating group) is 1. The molecule has 0 bridgehead atoms. The minimum absolute atomic E-state index is 0.0545. The molecule has 71 heavy (non-hydrogen) atoms. The molecule has 16 nitrogen and oxygen atoms in total. The number of hydrogen-bond acceptors (Lipinski definition) is 15. The van der Waals surface area contributed by atoms with Crippen LogP contribution in [-0.4, -0.2) is 151 Å². The number of furan rings is 1. The number of nitrogens with zero attached hydrogens (tertiary/aromatic N) is 7. The maximum absolute atomic E-state index is 14.3. The minimum atomic E-state index is -1.27. The molecule has 1 aromatic carbocycles. The molecule has 2 saturated heterocycles. The van der Waals surface area contributed by atoms with Gasteiger partial charge in [0.15, 0.2) is 12.1 Å². The molecule has 3 N–H and O–H groups in total. The lowest BCUT2D eigenvalue weighted by atomic mass is 9.79. The van der Waals surface area contributed by atoms with E-state index in [1.54, 1.807) is 49.1 Å². The van der Waals surface area contributed by atoms with Crippen LogP contribution in [0.25, 0.3) is 16.6 Å². The first-order valence-electron chi connectivity index (χ1n) is 25.8. The minimum Gasteiger partial charge on any atom is -0.468 e. The summed E-state index contributed by atoms with van der Waals surface area (Å²) in [7, 11) is 3.56. The molecule has 0 aliphatic carbocycles. The van der Waals surface area contributed by atoms with Crippen molar-refractivity contribution in [2.75, 3.05) is 40.3 Å². The summed E-state index contributed by atoms with van der Waals surface area (Å²) < 4.78 is 27.1. The molecule has 0 radical (unpaired) electrons. The quantitative estimate of drug-likeness (QED) is 0.114. The molecule has 3 aromatic heterocycles. The van der Waals surface area contributed by atoms with Gasteiger partial charge in [0.2, 0.25) is 0 Å². The number of benzene rings is 1. The highest BCUT2D eigenvalue weighted by Gasteiger charge is 2.47. The van der Waals surface area contributed by atoms with Gasteiger partial charge in [-0.25, -0.2) is 4.68 Å². The summed E-state index contributed by atoms with van der Waals surface area (Å²) in [5, 5.41) is 45.2. The first-order valence-corrected chi connectivity index (χ1v) is 25.8. The van der Waals surface area contributed by atoms with Crippen LogP contribution in [-0.2, 0) is 36.9 Å². The van der Waals surface area contributed by atoms with Gasteiger partial charge >= 0.3 is 5.97 Å². The molecule has 388 valence electrons. The molecular formula is C55H79N7O9. The van der Waals surface area contributed by atoms with Gasteiger partial charge < -0.3 is 43.7 Å². The fraction of sp³-hybridized carbons (Fsp3) is 0.618. The van der Waals surface area contributed by atoms with E-state index in [4.69, 9.17) is 18.6 Å². The van der Waals surface area contributed by atoms with E-state index in [1.807, 2.05) is 82.4 Å². The second kappa shape index (κ2) is 24.9. The number of aliphatic hydroxyl groups is 3. The zero-order chi connectivity index (χ0) is 50.9. The second-order valence-electron chi connectivity index (χ2n) is 21.3. The van der Waals surface area contributed by atoms with Gasteiger partial charge in [-0.2, -0.15) is 0 Å². The van der Waals surface area contributed by atoms with Crippen molar-refractivity contribution in [3.05, 3.63) is 96.4 Å². The number of aromatic nitrogens is 4. The summed E-state index contributed by atoms with van der Waals surface area (Å²) >= 11 is 0. The van der Waals surface area contributed by atoms with E-state index in [0.29, 0.717) is 63.0 Å². The van der Waals surface area contributed by atoms with Crippen molar-refractivity contribution in [3.63, 3.8) is 0 Å². The third-order valence-electron chi connectivity index (χ3n) is 14.9. The van der Waals surface area contributed by atoms with Crippen molar-refractivity contribution in [3.8, 4) is 5.69 Å². The van der Waals surface area contributed by atoms with E-state index in [-0.39, 0.29) is 18.1 Å². The van der Waals surface area contributed by atoms with Crippen LogP contribution in [0.15, 0.2) is 89.3 Å². The van der Waals surface area contributed by atoms with Crippen LogP contribution >= 0.6 is 0 Å². The lowest BCUT2D eigenvalue weighted by Crippen LogP contribution is -2.63. The number of cyclic esters (lactones) is 1. The fourth-order valence-corrected chi connectivity index (χ4v) is 11.2. The largest absolute Gasteiger partial charge is 0.468 e. The molecule has 0 amide bonds. The molecule has 14 atom stereocenters. The number of likely N-dealkylation sites (tertiary alicyclic amines) is 1. The Hall–Kier alpha value is -4.65. The number of ketones is 1. The van der Waals surface area contributed by atoms with Gasteiger partial charge in [0.25, 0.3) is 0 Å². The highest BCUT2D eigenvalue weighted by Crippen LogP contribution is 2.36. The lowest BCUT2D eigenvalue weighted by Gasteiger charge is -2.46. The molecule has 2 fully saturated rings. The van der Waals surface area contributed by atoms with Crippen molar-refractivity contribution in [1.29, 1.82) is 0 Å². The SMILES string of the molecule is CC[C@H]1OC(=O)C[C@@H](O)[C@H](C)[C@@H](O[C@@H]2O[C@H](C)[C@@H](O)[C@H](N(C)C)[C@H]2O)[C@@H](CCN(Cc2cn(-c3cnc4ccccc4c3)nn2)Cc2ccco2)C[C@@H](C)C(=O)/C=C/C(C)=C/[C@@H]1CN1CC(C)CC(C)C1. The fourth-order valence-electron chi connectivity index (χ4n) is 11.2. The smallest absolute Gasteiger partial charge is 0.308 e. The van der Waals surface area contributed by atoms with E-state index in [2.05, 4.69) is 45.0 Å². The average molecular weight is 982 g/mol. The topological polar surface area (TPSA) is 189 Å². The Bertz CT molecular complexity index is 2380. The number of allylic oxidation sites excluding steroid dienone is 3. The van der Waals surface area contributed by atoms with Gasteiger partial charge in [0.1, 0.15) is 18.0 Å². The summed E-state index contributed by atoms with van der Waals surface area (Å²) in [4.78, 5) is 39.4. The van der Waals surface area contributed by atoms with Crippen LogP contribution in [0.5, 0.6) is 0 Å². The number of carbonyl (C=O) groups excluding carboxylic acids is 2. The Labute approximate surface area is 420 Å². The third kappa shape index (κ3) is 14.3. The standard InChI is InChI=1S/C55H79N7O9/c1-10-49-42(30-61-28-35(3)22-36(4)29-61)23-34(2)17-18-47(63)37(5)24-41(54(38(6)48(64)26-50(65)70-49)71-55-53(67)51(59(8)9)52(66)39(7)69-55)19-20-60(33-45-15-13-21-68-45)31-43-32-62(58-57-43)44-25-40-14-11-12-16-46(40)56-27-44/h11-18,21,23,25,27,32,35-39,41-42,48-49,51-55,64,66-67H,10,19-20,22,24,26,28-31,33H2,1-9H3/b18-17+,34-23+/t35?,36?,37-,38+,39-,41+,42-,48-,49-,51+,52-,53-,54-,55+/m1/s1. The number of piperidine rings is 1. The van der Waals surface area contributed by atoms with Crippen LogP contribution in [0.4, 0.5) is 0 Å². The first kappa shape index (κ1) is 54.1. The van der Waals surface area contributed by atoms with Crippen LogP contribution in [0.3, 0.4) is 0 Å². The number of ether oxygens (including phenoxy) is 3. The summed E-state index contributed by atoms with van der Waals surface area (Å²) in [5.74, 6) is -0.473. The Kier molecular flexibility index (Phi) is 18.9. The molecule has 3 aliphatic rings. The highest BCUT2D eigenvalue weighted by molar-refractivity contribution is 5.91.